The Morgan fingerprint density at radius 1 is 1.10 bits per heavy atom. The number of rotatable bonds is 10. The molecule has 29 heavy (non-hydrogen) atoms. The van der Waals surface area contributed by atoms with Crippen LogP contribution in [-0.4, -0.2) is 33.5 Å². The first-order valence-corrected chi connectivity index (χ1v) is 10.7. The third-order valence-electron chi connectivity index (χ3n) is 4.45. The van der Waals surface area contributed by atoms with Gasteiger partial charge in [-0.1, -0.05) is 49.0 Å². The number of hydrogen-bond donors (Lipinski definition) is 1. The van der Waals surface area contributed by atoms with Gasteiger partial charge in [0.25, 0.3) is 5.91 Å². The number of methoxy groups -OCH3 is 1. The minimum absolute atomic E-state index is 0.145. The van der Waals surface area contributed by atoms with Crippen LogP contribution < -0.4 is 10.1 Å². The minimum atomic E-state index is -0.145. The van der Waals surface area contributed by atoms with E-state index in [0.717, 1.165) is 41.9 Å². The lowest BCUT2D eigenvalue weighted by atomic mass is 10.1. The Morgan fingerprint density at radius 3 is 2.55 bits per heavy atom. The minimum Gasteiger partial charge on any atom is -0.497 e. The van der Waals surface area contributed by atoms with E-state index >= 15 is 0 Å². The summed E-state index contributed by atoms with van der Waals surface area (Å²) in [5, 5.41) is 12.5. The third kappa shape index (κ3) is 5.84. The van der Waals surface area contributed by atoms with Crippen LogP contribution in [0.1, 0.15) is 35.1 Å². The van der Waals surface area contributed by atoms with Crippen molar-refractivity contribution in [2.75, 3.05) is 12.9 Å². The smallest absolute Gasteiger partial charge is 0.251 e. The van der Waals surface area contributed by atoms with E-state index in [2.05, 4.69) is 39.1 Å². The van der Waals surface area contributed by atoms with E-state index in [-0.39, 0.29) is 5.91 Å². The summed E-state index contributed by atoms with van der Waals surface area (Å²) in [6.45, 7) is 3.25. The van der Waals surface area contributed by atoms with Crippen molar-refractivity contribution in [1.29, 1.82) is 0 Å². The van der Waals surface area contributed by atoms with E-state index in [0.29, 0.717) is 12.1 Å². The Bertz CT molecular complexity index is 910. The zero-order valence-electron chi connectivity index (χ0n) is 16.8. The normalized spacial score (nSPS) is 10.7. The van der Waals surface area contributed by atoms with Crippen molar-refractivity contribution in [3.05, 3.63) is 71.5 Å². The van der Waals surface area contributed by atoms with Gasteiger partial charge in [-0.25, -0.2) is 0 Å². The van der Waals surface area contributed by atoms with E-state index in [1.807, 2.05) is 18.2 Å². The van der Waals surface area contributed by atoms with Gasteiger partial charge in [0, 0.05) is 17.9 Å². The second kappa shape index (κ2) is 10.7. The molecule has 3 rings (SSSR count). The Kier molecular flexibility index (Phi) is 7.69. The monoisotopic (exact) mass is 410 g/mol. The number of nitrogens with zero attached hydrogens (tertiary/aromatic N) is 3. The first kappa shape index (κ1) is 20.9. The molecule has 0 spiro atoms. The molecule has 0 atom stereocenters. The first-order valence-electron chi connectivity index (χ1n) is 9.72. The van der Waals surface area contributed by atoms with Crippen LogP contribution in [0, 0.1) is 0 Å². The van der Waals surface area contributed by atoms with Crippen molar-refractivity contribution >= 4 is 17.7 Å². The molecule has 0 saturated heterocycles. The molecule has 3 aromatic rings. The molecule has 0 bridgehead atoms. The fourth-order valence-electron chi connectivity index (χ4n) is 2.86. The molecule has 0 fully saturated rings. The van der Waals surface area contributed by atoms with Crippen LogP contribution in [0.4, 0.5) is 0 Å². The Hall–Kier alpha value is -2.80. The number of carbonyl (C=O) groups excluding carboxylic acids is 1. The van der Waals surface area contributed by atoms with Crippen molar-refractivity contribution in [3.8, 4) is 5.75 Å². The summed E-state index contributed by atoms with van der Waals surface area (Å²) in [6.07, 6.45) is 1.96. The Morgan fingerprint density at radius 2 is 1.86 bits per heavy atom. The molecule has 1 aromatic heterocycles. The zero-order chi connectivity index (χ0) is 20.5. The number of nitrogens with one attached hydrogen (secondary N) is 1. The highest BCUT2D eigenvalue weighted by molar-refractivity contribution is 7.99. The molecule has 0 unspecified atom stereocenters. The Balaban J connectivity index is 1.68. The second-order valence-corrected chi connectivity index (χ2v) is 7.61. The van der Waals surface area contributed by atoms with Gasteiger partial charge in [-0.05, 0) is 42.7 Å². The highest BCUT2D eigenvalue weighted by atomic mass is 32.2. The number of carbonyl (C=O) groups is 1. The van der Waals surface area contributed by atoms with Gasteiger partial charge < -0.3 is 14.6 Å². The highest BCUT2D eigenvalue weighted by Gasteiger charge is 2.14. The predicted molar refractivity (Wildman–Crippen MR) is 115 cm³/mol. The largest absolute Gasteiger partial charge is 0.497 e. The molecule has 0 saturated carbocycles. The van der Waals surface area contributed by atoms with Gasteiger partial charge in [0.2, 0.25) is 0 Å². The maximum Gasteiger partial charge on any atom is 0.251 e. The lowest BCUT2D eigenvalue weighted by Gasteiger charge is -2.11. The van der Waals surface area contributed by atoms with Crippen LogP contribution in [0.3, 0.4) is 0 Å². The van der Waals surface area contributed by atoms with Crippen molar-refractivity contribution in [2.45, 2.75) is 38.0 Å². The summed E-state index contributed by atoms with van der Waals surface area (Å²) in [5.41, 5.74) is 1.85. The van der Waals surface area contributed by atoms with Crippen LogP contribution in [0.2, 0.25) is 0 Å². The molecule has 1 heterocycles. The molecule has 0 aliphatic heterocycles. The number of aryl methyl sites for hydroxylation is 1. The topological polar surface area (TPSA) is 69.0 Å². The molecule has 0 aliphatic rings. The summed E-state index contributed by atoms with van der Waals surface area (Å²) in [4.78, 5) is 12.5. The van der Waals surface area contributed by atoms with E-state index in [9.17, 15) is 4.79 Å². The van der Waals surface area contributed by atoms with E-state index in [1.165, 1.54) is 5.56 Å². The summed E-state index contributed by atoms with van der Waals surface area (Å²) in [5.74, 6) is 2.33. The summed E-state index contributed by atoms with van der Waals surface area (Å²) in [6, 6.07) is 17.4. The van der Waals surface area contributed by atoms with E-state index in [4.69, 9.17) is 4.74 Å². The quantitative estimate of drug-likeness (QED) is 0.512. The number of thioether (sulfide) groups is 1. The van der Waals surface area contributed by atoms with Gasteiger partial charge in [-0.2, -0.15) is 0 Å². The van der Waals surface area contributed by atoms with Gasteiger partial charge in [-0.3, -0.25) is 4.79 Å². The fraction of sp³-hybridized carbons (Fsp3) is 0.318. The number of aromatic nitrogens is 3. The van der Waals surface area contributed by atoms with E-state index in [1.54, 1.807) is 43.1 Å². The van der Waals surface area contributed by atoms with Crippen LogP contribution >= 0.6 is 11.8 Å². The fourth-order valence-corrected chi connectivity index (χ4v) is 3.70. The van der Waals surface area contributed by atoms with Gasteiger partial charge in [-0.15, -0.1) is 10.2 Å². The lowest BCUT2D eigenvalue weighted by Crippen LogP contribution is -2.25. The van der Waals surface area contributed by atoms with Crippen molar-refractivity contribution < 1.29 is 9.53 Å². The third-order valence-corrected chi connectivity index (χ3v) is 5.63. The maximum atomic E-state index is 12.5. The molecule has 1 amide bonds. The molecular weight excluding hydrogens is 384 g/mol. The van der Waals surface area contributed by atoms with Gasteiger partial charge >= 0.3 is 0 Å². The predicted octanol–water partition coefficient (Wildman–Crippen LogP) is 3.96. The van der Waals surface area contributed by atoms with Crippen LogP contribution in [-0.2, 0) is 19.5 Å². The summed E-state index contributed by atoms with van der Waals surface area (Å²) in [7, 11) is 1.60. The molecule has 0 aliphatic carbocycles. The average molecular weight is 411 g/mol. The molecule has 2 aromatic carbocycles. The Labute approximate surface area is 175 Å². The number of hydrogen-bond acceptors (Lipinski definition) is 5. The highest BCUT2D eigenvalue weighted by Crippen LogP contribution is 2.19. The van der Waals surface area contributed by atoms with Crippen LogP contribution in [0.25, 0.3) is 0 Å². The molecule has 152 valence electrons. The van der Waals surface area contributed by atoms with Crippen molar-refractivity contribution in [3.63, 3.8) is 0 Å². The second-order valence-electron chi connectivity index (χ2n) is 6.55. The van der Waals surface area contributed by atoms with Crippen molar-refractivity contribution in [2.24, 2.45) is 0 Å². The van der Waals surface area contributed by atoms with Crippen molar-refractivity contribution in [1.82, 2.24) is 20.1 Å². The first-order chi connectivity index (χ1) is 14.2. The van der Waals surface area contributed by atoms with Gasteiger partial charge in [0.05, 0.1) is 13.7 Å². The van der Waals surface area contributed by atoms with Crippen LogP contribution in [0.15, 0.2) is 59.8 Å². The molecule has 1 N–H and O–H groups in total. The maximum absolute atomic E-state index is 12.5. The molecule has 0 radical (unpaired) electrons. The van der Waals surface area contributed by atoms with Gasteiger partial charge in [0.15, 0.2) is 11.0 Å². The molecular formula is C22H26N4O2S. The standard InChI is InChI=1S/C22H26N4O2S/c1-3-15-29-22-25-24-20(26(22)14-13-17-7-5-4-6-8-17)16-23-21(27)18-9-11-19(28-2)12-10-18/h4-12H,3,13-16H2,1-2H3,(H,23,27). The van der Waals surface area contributed by atoms with Gasteiger partial charge in [0.1, 0.15) is 5.75 Å². The summed E-state index contributed by atoms with van der Waals surface area (Å²) >= 11 is 1.70. The number of benzene rings is 2. The molecule has 7 heteroatoms. The van der Waals surface area contributed by atoms with E-state index < -0.39 is 0 Å². The summed E-state index contributed by atoms with van der Waals surface area (Å²) < 4.78 is 7.25. The SMILES string of the molecule is CCCSc1nnc(CNC(=O)c2ccc(OC)cc2)n1CCc1ccccc1. The van der Waals surface area contributed by atoms with Crippen LogP contribution in [0.5, 0.6) is 5.75 Å². The zero-order valence-corrected chi connectivity index (χ0v) is 17.6. The number of amides is 1. The molecule has 6 nitrogen and oxygen atoms in total. The number of ether oxygens (including phenoxy) is 1. The average Bonchev–Trinajstić information content (AvgIpc) is 3.16. The lowest BCUT2D eigenvalue weighted by molar-refractivity contribution is 0.0949.